The Kier molecular flexibility index (Phi) is 4.67. The number of anilines is 1. The van der Waals surface area contributed by atoms with Gasteiger partial charge < -0.3 is 5.32 Å². The summed E-state index contributed by atoms with van der Waals surface area (Å²) < 4.78 is 0. The fourth-order valence-electron chi connectivity index (χ4n) is 1.80. The summed E-state index contributed by atoms with van der Waals surface area (Å²) in [6.07, 6.45) is 0. The van der Waals surface area contributed by atoms with Gasteiger partial charge in [-0.1, -0.05) is 0 Å². The minimum Gasteiger partial charge on any atom is -0.333 e. The van der Waals surface area contributed by atoms with Crippen LogP contribution in [0.1, 0.15) is 20.1 Å². The van der Waals surface area contributed by atoms with Crippen molar-refractivity contribution >= 4 is 50.8 Å². The normalized spacial score (nSPS) is 10.4. The molecule has 0 aromatic carbocycles. The van der Waals surface area contributed by atoms with Gasteiger partial charge in [0.05, 0.1) is 16.4 Å². The third-order valence-corrected chi connectivity index (χ3v) is 5.40. The molecule has 0 aliphatic rings. The maximum atomic E-state index is 12.2. The minimum absolute atomic E-state index is 0.0283. The Labute approximate surface area is 139 Å². The standard InChI is InChI=1S/C15H12N2O2S3/c18-14(10-5-7-20-9-10)12-4-3-11(22-12)8-16-15(19)17-13-2-1-6-21-13/h1-7,9H,8H2,(H2,16,17,19). The van der Waals surface area contributed by atoms with E-state index in [4.69, 9.17) is 0 Å². The van der Waals surface area contributed by atoms with Crippen molar-refractivity contribution in [2.45, 2.75) is 6.54 Å². The number of thiophene rings is 3. The minimum atomic E-state index is -0.249. The average molecular weight is 348 g/mol. The van der Waals surface area contributed by atoms with E-state index in [0.717, 1.165) is 9.88 Å². The van der Waals surface area contributed by atoms with Crippen molar-refractivity contribution in [3.63, 3.8) is 0 Å². The lowest BCUT2D eigenvalue weighted by atomic mass is 10.2. The first-order valence-corrected chi connectivity index (χ1v) is 9.10. The van der Waals surface area contributed by atoms with E-state index < -0.39 is 0 Å². The Morgan fingerprint density at radius 2 is 2.00 bits per heavy atom. The smallest absolute Gasteiger partial charge is 0.320 e. The van der Waals surface area contributed by atoms with E-state index in [0.29, 0.717) is 17.0 Å². The third-order valence-electron chi connectivity index (χ3n) is 2.85. The van der Waals surface area contributed by atoms with Crippen LogP contribution < -0.4 is 10.6 Å². The summed E-state index contributed by atoms with van der Waals surface area (Å²) in [5, 5.41) is 12.0. The number of rotatable bonds is 5. The predicted octanol–water partition coefficient (Wildman–Crippen LogP) is 4.42. The number of ketones is 1. The highest BCUT2D eigenvalue weighted by molar-refractivity contribution is 7.14. The molecule has 3 rings (SSSR count). The average Bonchev–Trinajstić information content (AvgIpc) is 3.26. The van der Waals surface area contributed by atoms with Gasteiger partial charge in [0.1, 0.15) is 0 Å². The van der Waals surface area contributed by atoms with Crippen molar-refractivity contribution in [1.82, 2.24) is 5.32 Å². The lowest BCUT2D eigenvalue weighted by Gasteiger charge is -2.04. The second kappa shape index (κ2) is 6.87. The Morgan fingerprint density at radius 3 is 2.73 bits per heavy atom. The summed E-state index contributed by atoms with van der Waals surface area (Å²) in [6, 6.07) is 8.96. The summed E-state index contributed by atoms with van der Waals surface area (Å²) in [4.78, 5) is 25.6. The van der Waals surface area contributed by atoms with Crippen LogP contribution in [-0.4, -0.2) is 11.8 Å². The van der Waals surface area contributed by atoms with Crippen LogP contribution in [-0.2, 0) is 6.54 Å². The molecular weight excluding hydrogens is 336 g/mol. The summed E-state index contributed by atoms with van der Waals surface area (Å²) >= 11 is 4.38. The molecule has 7 heteroatoms. The van der Waals surface area contributed by atoms with E-state index in [2.05, 4.69) is 10.6 Å². The van der Waals surface area contributed by atoms with Crippen LogP contribution in [0.3, 0.4) is 0 Å². The lowest BCUT2D eigenvalue weighted by molar-refractivity contribution is 0.104. The van der Waals surface area contributed by atoms with Crippen LogP contribution in [0.15, 0.2) is 46.5 Å². The molecule has 0 bridgehead atoms. The number of hydrogen-bond acceptors (Lipinski definition) is 5. The van der Waals surface area contributed by atoms with Crippen molar-refractivity contribution in [2.24, 2.45) is 0 Å². The fraction of sp³-hybridized carbons (Fsp3) is 0.0667. The van der Waals surface area contributed by atoms with Crippen molar-refractivity contribution < 1.29 is 9.59 Å². The molecule has 0 spiro atoms. The van der Waals surface area contributed by atoms with Gasteiger partial charge in [-0.25, -0.2) is 4.79 Å². The Bertz CT molecular complexity index is 761. The lowest BCUT2D eigenvalue weighted by Crippen LogP contribution is -2.27. The van der Waals surface area contributed by atoms with Crippen LogP contribution in [0, 0.1) is 0 Å². The van der Waals surface area contributed by atoms with Gasteiger partial charge in [0.15, 0.2) is 0 Å². The van der Waals surface area contributed by atoms with Crippen LogP contribution in [0.4, 0.5) is 9.80 Å². The molecule has 0 fully saturated rings. The maximum absolute atomic E-state index is 12.2. The molecule has 4 nitrogen and oxygen atoms in total. The summed E-state index contributed by atoms with van der Waals surface area (Å²) in [7, 11) is 0. The second-order valence-electron chi connectivity index (χ2n) is 4.39. The molecule has 112 valence electrons. The highest BCUT2D eigenvalue weighted by atomic mass is 32.1. The van der Waals surface area contributed by atoms with Gasteiger partial charge in [-0.3, -0.25) is 10.1 Å². The number of nitrogens with one attached hydrogen (secondary N) is 2. The molecular formula is C15H12N2O2S3. The molecule has 2 amide bonds. The van der Waals surface area contributed by atoms with Crippen LogP contribution in [0.25, 0.3) is 0 Å². The molecule has 3 aromatic rings. The molecule has 0 aliphatic heterocycles. The van der Waals surface area contributed by atoms with Gasteiger partial charge in [-0.05, 0) is 41.1 Å². The van der Waals surface area contributed by atoms with E-state index >= 15 is 0 Å². The second-order valence-corrected chi connectivity index (χ2v) is 7.29. The van der Waals surface area contributed by atoms with Gasteiger partial charge in [-0.15, -0.1) is 22.7 Å². The summed E-state index contributed by atoms with van der Waals surface area (Å²) in [6.45, 7) is 0.402. The quantitative estimate of drug-likeness (QED) is 0.670. The van der Waals surface area contributed by atoms with Crippen LogP contribution >= 0.6 is 34.0 Å². The molecule has 0 unspecified atom stereocenters. The molecule has 0 atom stereocenters. The van der Waals surface area contributed by atoms with Gasteiger partial charge in [0, 0.05) is 15.8 Å². The van der Waals surface area contributed by atoms with E-state index in [-0.39, 0.29) is 11.8 Å². The van der Waals surface area contributed by atoms with Gasteiger partial charge in [0.25, 0.3) is 0 Å². The molecule has 3 heterocycles. The molecule has 0 saturated heterocycles. The monoisotopic (exact) mass is 348 g/mol. The highest BCUT2D eigenvalue weighted by Gasteiger charge is 2.12. The van der Waals surface area contributed by atoms with Crippen molar-refractivity contribution in [1.29, 1.82) is 0 Å². The fourth-order valence-corrected chi connectivity index (χ4v) is 3.96. The number of urea groups is 1. The van der Waals surface area contributed by atoms with E-state index in [9.17, 15) is 9.59 Å². The van der Waals surface area contributed by atoms with E-state index in [1.54, 1.807) is 6.07 Å². The van der Waals surface area contributed by atoms with Gasteiger partial charge in [0.2, 0.25) is 5.78 Å². The van der Waals surface area contributed by atoms with Gasteiger partial charge >= 0.3 is 6.03 Å². The molecule has 3 aromatic heterocycles. The van der Waals surface area contributed by atoms with E-state index in [1.165, 1.54) is 34.0 Å². The zero-order chi connectivity index (χ0) is 15.4. The highest BCUT2D eigenvalue weighted by Crippen LogP contribution is 2.21. The third kappa shape index (κ3) is 3.62. The number of carbonyl (C=O) groups excluding carboxylic acids is 2. The van der Waals surface area contributed by atoms with Crippen molar-refractivity contribution in [2.75, 3.05) is 5.32 Å². The van der Waals surface area contributed by atoms with Crippen molar-refractivity contribution in [3.05, 3.63) is 61.8 Å². The number of amides is 2. The summed E-state index contributed by atoms with van der Waals surface area (Å²) in [5.74, 6) is 0.0283. The zero-order valence-corrected chi connectivity index (χ0v) is 13.8. The predicted molar refractivity (Wildman–Crippen MR) is 92.2 cm³/mol. The Hall–Kier alpha value is -1.96. The Morgan fingerprint density at radius 1 is 1.09 bits per heavy atom. The molecule has 0 aliphatic carbocycles. The molecule has 2 N–H and O–H groups in total. The molecule has 22 heavy (non-hydrogen) atoms. The summed E-state index contributed by atoms with van der Waals surface area (Å²) in [5.41, 5.74) is 0.710. The Balaban J connectivity index is 1.55. The number of hydrogen-bond donors (Lipinski definition) is 2. The topological polar surface area (TPSA) is 58.2 Å². The van der Waals surface area contributed by atoms with Crippen molar-refractivity contribution in [3.8, 4) is 0 Å². The first-order chi connectivity index (χ1) is 10.7. The zero-order valence-electron chi connectivity index (χ0n) is 11.4. The molecule has 0 radical (unpaired) electrons. The van der Waals surface area contributed by atoms with Gasteiger partial charge in [-0.2, -0.15) is 11.3 Å². The largest absolute Gasteiger partial charge is 0.333 e. The first kappa shape index (κ1) is 15.0. The van der Waals surface area contributed by atoms with E-state index in [1.807, 2.05) is 40.4 Å². The van der Waals surface area contributed by atoms with Crippen LogP contribution in [0.5, 0.6) is 0 Å². The SMILES string of the molecule is O=C(NCc1ccc(C(=O)c2ccsc2)s1)Nc1cccs1. The van der Waals surface area contributed by atoms with Crippen LogP contribution in [0.2, 0.25) is 0 Å². The number of carbonyl (C=O) groups is 2. The molecule has 0 saturated carbocycles. The first-order valence-electron chi connectivity index (χ1n) is 6.46. The maximum Gasteiger partial charge on any atom is 0.320 e.